The van der Waals surface area contributed by atoms with Gasteiger partial charge in [-0.1, -0.05) is 71.5 Å². The van der Waals surface area contributed by atoms with Crippen molar-refractivity contribution in [3.8, 4) is 11.3 Å². The normalized spacial score (nSPS) is 16.5. The number of piperidine rings is 1. The molecule has 1 atom stereocenters. The van der Waals surface area contributed by atoms with Crippen LogP contribution in [-0.2, 0) is 11.3 Å². The molecule has 1 saturated heterocycles. The summed E-state index contributed by atoms with van der Waals surface area (Å²) < 4.78 is 1.86. The summed E-state index contributed by atoms with van der Waals surface area (Å²) in [6, 6.07) is 18.4. The Hall–Kier alpha value is -3.19. The van der Waals surface area contributed by atoms with Crippen LogP contribution < -0.4 is 10.2 Å². The van der Waals surface area contributed by atoms with Crippen molar-refractivity contribution in [2.45, 2.75) is 26.3 Å². The highest BCUT2D eigenvalue weighted by Crippen LogP contribution is 2.30. The number of carbonyl (C=O) groups excluding carboxylic acids is 1. The molecule has 0 aliphatic carbocycles. The molecule has 0 radical (unpaired) electrons. The molecule has 2 aromatic heterocycles. The first-order valence-electron chi connectivity index (χ1n) is 10.7. The topological polar surface area (TPSA) is 62.5 Å². The van der Waals surface area contributed by atoms with Gasteiger partial charge in [0.05, 0.1) is 17.8 Å². The number of anilines is 1. The third-order valence-electron chi connectivity index (χ3n) is 5.75. The Kier molecular flexibility index (Phi) is 5.42. The smallest absolute Gasteiger partial charge is 0.225 e. The minimum Gasteiger partial charge on any atom is -0.352 e. The standard InChI is InChI=1S/C24H25N5OS/c1-17-9-11-19(12-10-17)21-16-29-23(26-21)31-24(27-29)28-13-5-8-20(15-28)22(30)25-14-18-6-3-2-4-7-18/h2-4,6-7,9-12,16,20H,5,8,13-15H2,1H3,(H,25,30). The maximum atomic E-state index is 12.7. The summed E-state index contributed by atoms with van der Waals surface area (Å²) >= 11 is 1.58. The Morgan fingerprint density at radius 2 is 1.97 bits per heavy atom. The molecule has 31 heavy (non-hydrogen) atoms. The van der Waals surface area contributed by atoms with Gasteiger partial charge < -0.3 is 10.2 Å². The largest absolute Gasteiger partial charge is 0.352 e. The fourth-order valence-corrected chi connectivity index (χ4v) is 4.89. The number of carbonyl (C=O) groups is 1. The lowest BCUT2D eigenvalue weighted by Gasteiger charge is -2.31. The number of rotatable bonds is 5. The van der Waals surface area contributed by atoms with Crippen LogP contribution in [0.25, 0.3) is 16.2 Å². The Labute approximate surface area is 185 Å². The fourth-order valence-electron chi connectivity index (χ4n) is 3.98. The summed E-state index contributed by atoms with van der Waals surface area (Å²) in [6.45, 7) is 4.27. The fraction of sp³-hybridized carbons (Fsp3) is 0.292. The van der Waals surface area contributed by atoms with E-state index in [-0.39, 0.29) is 11.8 Å². The van der Waals surface area contributed by atoms with Crippen LogP contribution in [0, 0.1) is 12.8 Å². The number of nitrogens with zero attached hydrogens (tertiary/aromatic N) is 4. The molecule has 0 saturated carbocycles. The van der Waals surface area contributed by atoms with Crippen LogP contribution in [0.1, 0.15) is 24.0 Å². The van der Waals surface area contributed by atoms with Crippen LogP contribution >= 0.6 is 11.3 Å². The first kappa shape index (κ1) is 19.8. The predicted octanol–water partition coefficient (Wildman–Crippen LogP) is 4.30. The van der Waals surface area contributed by atoms with Gasteiger partial charge in [-0.2, -0.15) is 0 Å². The van der Waals surface area contributed by atoms with E-state index in [1.807, 2.05) is 41.0 Å². The Bertz CT molecular complexity index is 1150. The van der Waals surface area contributed by atoms with E-state index in [0.29, 0.717) is 13.1 Å². The molecule has 1 N–H and O–H groups in total. The monoisotopic (exact) mass is 431 g/mol. The number of amides is 1. The van der Waals surface area contributed by atoms with Gasteiger partial charge >= 0.3 is 0 Å². The zero-order valence-corrected chi connectivity index (χ0v) is 18.3. The van der Waals surface area contributed by atoms with Crippen molar-refractivity contribution >= 4 is 27.3 Å². The van der Waals surface area contributed by atoms with Gasteiger partial charge in [-0.3, -0.25) is 4.79 Å². The lowest BCUT2D eigenvalue weighted by molar-refractivity contribution is -0.125. The summed E-state index contributed by atoms with van der Waals surface area (Å²) in [6.07, 6.45) is 3.88. The van der Waals surface area contributed by atoms with Gasteiger partial charge in [-0.15, -0.1) is 5.10 Å². The minimum absolute atomic E-state index is 0.0168. The second-order valence-corrected chi connectivity index (χ2v) is 9.03. The average molecular weight is 432 g/mol. The molecule has 158 valence electrons. The van der Waals surface area contributed by atoms with Crippen LogP contribution in [0.3, 0.4) is 0 Å². The number of hydrogen-bond donors (Lipinski definition) is 1. The molecule has 1 amide bonds. The lowest BCUT2D eigenvalue weighted by atomic mass is 9.97. The SMILES string of the molecule is Cc1ccc(-c2cn3nc(N4CCCC(C(=O)NCc5ccccc5)C4)sc3n2)cc1. The van der Waals surface area contributed by atoms with Crippen LogP contribution in [0.4, 0.5) is 5.13 Å². The number of aromatic nitrogens is 3. The second-order valence-electron chi connectivity index (χ2n) is 8.09. The molecule has 6 nitrogen and oxygen atoms in total. The third-order valence-corrected chi connectivity index (χ3v) is 6.74. The van der Waals surface area contributed by atoms with Gasteiger partial charge in [-0.05, 0) is 25.3 Å². The van der Waals surface area contributed by atoms with Gasteiger partial charge in [0.2, 0.25) is 16.0 Å². The van der Waals surface area contributed by atoms with Gasteiger partial charge in [-0.25, -0.2) is 9.50 Å². The van der Waals surface area contributed by atoms with Crippen molar-refractivity contribution in [1.82, 2.24) is 19.9 Å². The number of nitrogens with one attached hydrogen (secondary N) is 1. The van der Waals surface area contributed by atoms with Crippen LogP contribution in [-0.4, -0.2) is 33.6 Å². The second kappa shape index (κ2) is 8.51. The van der Waals surface area contributed by atoms with Crippen LogP contribution in [0.2, 0.25) is 0 Å². The zero-order valence-electron chi connectivity index (χ0n) is 17.5. The van der Waals surface area contributed by atoms with Crippen molar-refractivity contribution in [2.75, 3.05) is 18.0 Å². The van der Waals surface area contributed by atoms with E-state index in [1.165, 1.54) is 5.56 Å². The molecular weight excluding hydrogens is 406 g/mol. The van der Waals surface area contributed by atoms with Crippen LogP contribution in [0.5, 0.6) is 0 Å². The number of imidazole rings is 1. The maximum absolute atomic E-state index is 12.7. The molecule has 1 aliphatic heterocycles. The van der Waals surface area contributed by atoms with Gasteiger partial charge in [0.25, 0.3) is 0 Å². The maximum Gasteiger partial charge on any atom is 0.225 e. The highest BCUT2D eigenvalue weighted by Gasteiger charge is 2.27. The highest BCUT2D eigenvalue weighted by molar-refractivity contribution is 7.20. The van der Waals surface area contributed by atoms with E-state index in [1.54, 1.807) is 11.3 Å². The van der Waals surface area contributed by atoms with Crippen molar-refractivity contribution in [1.29, 1.82) is 0 Å². The summed E-state index contributed by atoms with van der Waals surface area (Å²) in [4.78, 5) is 20.6. The molecular formula is C24H25N5OS. The van der Waals surface area contributed by atoms with E-state index in [9.17, 15) is 4.79 Å². The molecule has 1 aliphatic rings. The highest BCUT2D eigenvalue weighted by atomic mass is 32.1. The molecule has 2 aromatic carbocycles. The van der Waals surface area contributed by atoms with E-state index >= 15 is 0 Å². The lowest BCUT2D eigenvalue weighted by Crippen LogP contribution is -2.43. The van der Waals surface area contributed by atoms with Crippen molar-refractivity contribution in [3.63, 3.8) is 0 Å². The van der Waals surface area contributed by atoms with E-state index in [0.717, 1.165) is 46.3 Å². The Balaban J connectivity index is 1.25. The summed E-state index contributed by atoms with van der Waals surface area (Å²) in [5, 5.41) is 8.78. The molecule has 5 rings (SSSR count). The molecule has 4 aromatic rings. The van der Waals surface area contributed by atoms with Crippen molar-refractivity contribution in [2.24, 2.45) is 5.92 Å². The first-order chi connectivity index (χ1) is 15.2. The molecule has 0 bridgehead atoms. The molecule has 1 unspecified atom stereocenters. The summed E-state index contributed by atoms with van der Waals surface area (Å²) in [7, 11) is 0. The quantitative estimate of drug-likeness (QED) is 0.512. The third kappa shape index (κ3) is 4.32. The number of fused-ring (bicyclic) bond motifs is 1. The number of hydrogen-bond acceptors (Lipinski definition) is 5. The average Bonchev–Trinajstić information content (AvgIpc) is 3.38. The first-order valence-corrected chi connectivity index (χ1v) is 11.5. The minimum atomic E-state index is -0.0168. The summed E-state index contributed by atoms with van der Waals surface area (Å²) in [5.74, 6) is 0.105. The molecule has 7 heteroatoms. The summed E-state index contributed by atoms with van der Waals surface area (Å²) in [5.41, 5.74) is 4.38. The predicted molar refractivity (Wildman–Crippen MR) is 124 cm³/mol. The van der Waals surface area contributed by atoms with Crippen LogP contribution in [0.15, 0.2) is 60.8 Å². The van der Waals surface area contributed by atoms with Gasteiger partial charge in [0.15, 0.2) is 0 Å². The van der Waals surface area contributed by atoms with Gasteiger partial charge in [0, 0.05) is 25.2 Å². The van der Waals surface area contributed by atoms with E-state index < -0.39 is 0 Å². The number of aryl methyl sites for hydroxylation is 1. The van der Waals surface area contributed by atoms with E-state index in [2.05, 4.69) is 41.4 Å². The zero-order chi connectivity index (χ0) is 21.2. The van der Waals surface area contributed by atoms with Crippen molar-refractivity contribution in [3.05, 3.63) is 71.9 Å². The number of benzene rings is 2. The Morgan fingerprint density at radius 3 is 2.74 bits per heavy atom. The van der Waals surface area contributed by atoms with E-state index in [4.69, 9.17) is 10.1 Å². The Morgan fingerprint density at radius 1 is 1.16 bits per heavy atom. The van der Waals surface area contributed by atoms with Crippen molar-refractivity contribution < 1.29 is 4.79 Å². The molecule has 0 spiro atoms. The molecule has 3 heterocycles. The molecule has 1 fully saturated rings. The van der Waals surface area contributed by atoms with Gasteiger partial charge in [0.1, 0.15) is 0 Å².